The molecule has 0 aliphatic heterocycles. The highest BCUT2D eigenvalue weighted by Crippen LogP contribution is 2.42. The summed E-state index contributed by atoms with van der Waals surface area (Å²) in [5, 5.41) is 7.48. The molecule has 0 amide bonds. The largest absolute Gasteiger partial charge is 0.309 e. The summed E-state index contributed by atoms with van der Waals surface area (Å²) in [6.45, 7) is 0. The molecule has 266 valence electrons. The van der Waals surface area contributed by atoms with Gasteiger partial charge < -0.3 is 13.7 Å². The molecule has 3 heterocycles. The second kappa shape index (κ2) is 12.5. The lowest BCUT2D eigenvalue weighted by Crippen LogP contribution is -1.96. The van der Waals surface area contributed by atoms with E-state index in [-0.39, 0.29) is 0 Å². The smallest absolute Gasteiger partial charge is 0.0562 e. The molecule has 0 N–H and O–H groups in total. The SMILES string of the molecule is c1ccc(-c2cccc(-n3c4ccccc4c4cc(-c5ccc6c(c5)c5ccccc5n6-c5cccc6c5c5ccccc5n6-c5ccccc5)ccc43)c2)cc1. The van der Waals surface area contributed by atoms with Crippen LogP contribution in [0, 0.1) is 0 Å². The lowest BCUT2D eigenvalue weighted by atomic mass is 10.0. The predicted octanol–water partition coefficient (Wildman–Crippen LogP) is 14.3. The lowest BCUT2D eigenvalue weighted by Gasteiger charge is -2.12. The van der Waals surface area contributed by atoms with Gasteiger partial charge in [-0.3, -0.25) is 0 Å². The quantitative estimate of drug-likeness (QED) is 0.168. The van der Waals surface area contributed by atoms with Gasteiger partial charge in [0.15, 0.2) is 0 Å². The van der Waals surface area contributed by atoms with Crippen LogP contribution in [0.2, 0.25) is 0 Å². The van der Waals surface area contributed by atoms with Crippen molar-refractivity contribution in [2.75, 3.05) is 0 Å². The molecular formula is C54H35N3. The van der Waals surface area contributed by atoms with Crippen molar-refractivity contribution in [2.45, 2.75) is 0 Å². The summed E-state index contributed by atoms with van der Waals surface area (Å²) in [4.78, 5) is 0. The van der Waals surface area contributed by atoms with Gasteiger partial charge in [-0.1, -0.05) is 133 Å². The van der Waals surface area contributed by atoms with Gasteiger partial charge in [0.25, 0.3) is 0 Å². The van der Waals surface area contributed by atoms with Crippen LogP contribution in [0.1, 0.15) is 0 Å². The maximum Gasteiger partial charge on any atom is 0.0562 e. The molecule has 12 aromatic rings. The average Bonchev–Trinajstić information content (AvgIpc) is 3.92. The number of hydrogen-bond acceptors (Lipinski definition) is 0. The van der Waals surface area contributed by atoms with Crippen LogP contribution in [0.3, 0.4) is 0 Å². The van der Waals surface area contributed by atoms with E-state index in [4.69, 9.17) is 0 Å². The van der Waals surface area contributed by atoms with Crippen LogP contribution in [0.4, 0.5) is 0 Å². The number of fused-ring (bicyclic) bond motifs is 9. The third kappa shape index (κ3) is 4.79. The minimum atomic E-state index is 1.16. The number of aromatic nitrogens is 3. The Labute approximate surface area is 329 Å². The Balaban J connectivity index is 1.04. The number of rotatable bonds is 5. The molecule has 0 aliphatic rings. The Hall–Kier alpha value is -7.62. The van der Waals surface area contributed by atoms with E-state index in [1.807, 2.05) is 0 Å². The van der Waals surface area contributed by atoms with Crippen molar-refractivity contribution < 1.29 is 0 Å². The fraction of sp³-hybridized carbons (Fsp3) is 0. The second-order valence-electron chi connectivity index (χ2n) is 14.9. The van der Waals surface area contributed by atoms with Gasteiger partial charge in [0.2, 0.25) is 0 Å². The van der Waals surface area contributed by atoms with Crippen molar-refractivity contribution >= 4 is 65.4 Å². The Kier molecular flexibility index (Phi) is 6.93. The van der Waals surface area contributed by atoms with E-state index in [1.54, 1.807) is 0 Å². The molecule has 0 saturated heterocycles. The van der Waals surface area contributed by atoms with Crippen molar-refractivity contribution in [2.24, 2.45) is 0 Å². The zero-order valence-corrected chi connectivity index (χ0v) is 31.0. The summed E-state index contributed by atoms with van der Waals surface area (Å²) >= 11 is 0. The topological polar surface area (TPSA) is 14.8 Å². The van der Waals surface area contributed by atoms with Crippen LogP contribution in [-0.4, -0.2) is 13.7 Å². The summed E-state index contributed by atoms with van der Waals surface area (Å²) in [6.07, 6.45) is 0. The van der Waals surface area contributed by atoms with Gasteiger partial charge in [-0.15, -0.1) is 0 Å². The summed E-state index contributed by atoms with van der Waals surface area (Å²) in [5.41, 5.74) is 15.5. The van der Waals surface area contributed by atoms with Crippen molar-refractivity contribution in [1.82, 2.24) is 13.7 Å². The molecule has 0 aliphatic carbocycles. The van der Waals surface area contributed by atoms with Crippen molar-refractivity contribution in [3.05, 3.63) is 212 Å². The molecule has 3 heteroatoms. The number of hydrogen-bond donors (Lipinski definition) is 0. The van der Waals surface area contributed by atoms with Crippen molar-refractivity contribution in [3.8, 4) is 39.3 Å². The molecule has 0 saturated carbocycles. The fourth-order valence-corrected chi connectivity index (χ4v) is 9.34. The van der Waals surface area contributed by atoms with Gasteiger partial charge in [0.1, 0.15) is 0 Å². The second-order valence-corrected chi connectivity index (χ2v) is 14.9. The third-order valence-electron chi connectivity index (χ3n) is 11.8. The van der Waals surface area contributed by atoms with Gasteiger partial charge in [-0.05, 0) is 101 Å². The number of para-hydroxylation sites is 4. The molecule has 12 rings (SSSR count). The van der Waals surface area contributed by atoms with Crippen LogP contribution in [0.25, 0.3) is 105 Å². The van der Waals surface area contributed by atoms with E-state index < -0.39 is 0 Å². The molecule has 0 radical (unpaired) electrons. The number of nitrogens with zero attached hydrogens (tertiary/aromatic N) is 3. The monoisotopic (exact) mass is 725 g/mol. The van der Waals surface area contributed by atoms with E-state index >= 15 is 0 Å². The van der Waals surface area contributed by atoms with Crippen LogP contribution < -0.4 is 0 Å². The first-order chi connectivity index (χ1) is 28.3. The summed E-state index contributed by atoms with van der Waals surface area (Å²) in [7, 11) is 0. The highest BCUT2D eigenvalue weighted by molar-refractivity contribution is 6.17. The van der Waals surface area contributed by atoms with Gasteiger partial charge in [0, 0.05) is 43.7 Å². The summed E-state index contributed by atoms with van der Waals surface area (Å²) in [5.74, 6) is 0. The average molecular weight is 726 g/mol. The van der Waals surface area contributed by atoms with E-state index in [0.29, 0.717) is 0 Å². The predicted molar refractivity (Wildman–Crippen MR) is 240 cm³/mol. The van der Waals surface area contributed by atoms with Crippen LogP contribution in [0.5, 0.6) is 0 Å². The van der Waals surface area contributed by atoms with E-state index in [2.05, 4.69) is 226 Å². The van der Waals surface area contributed by atoms with Crippen LogP contribution in [-0.2, 0) is 0 Å². The Bertz CT molecular complexity index is 3510. The molecule has 0 spiro atoms. The highest BCUT2D eigenvalue weighted by atomic mass is 15.0. The van der Waals surface area contributed by atoms with Gasteiger partial charge in [-0.2, -0.15) is 0 Å². The van der Waals surface area contributed by atoms with Crippen molar-refractivity contribution in [3.63, 3.8) is 0 Å². The first kappa shape index (κ1) is 31.7. The third-order valence-corrected chi connectivity index (χ3v) is 11.8. The first-order valence-corrected chi connectivity index (χ1v) is 19.6. The molecule has 57 heavy (non-hydrogen) atoms. The minimum Gasteiger partial charge on any atom is -0.309 e. The molecule has 0 bridgehead atoms. The summed E-state index contributed by atoms with van der Waals surface area (Å²) < 4.78 is 7.28. The molecule has 3 nitrogen and oxygen atoms in total. The molecular weight excluding hydrogens is 691 g/mol. The fourth-order valence-electron chi connectivity index (χ4n) is 9.34. The lowest BCUT2D eigenvalue weighted by molar-refractivity contribution is 1.17. The molecule has 9 aromatic carbocycles. The van der Waals surface area contributed by atoms with E-state index in [1.165, 1.54) is 93.4 Å². The first-order valence-electron chi connectivity index (χ1n) is 19.6. The normalized spacial score (nSPS) is 11.9. The molecule has 3 aromatic heterocycles. The van der Waals surface area contributed by atoms with Gasteiger partial charge in [0.05, 0.1) is 38.8 Å². The van der Waals surface area contributed by atoms with Crippen molar-refractivity contribution in [1.29, 1.82) is 0 Å². The highest BCUT2D eigenvalue weighted by Gasteiger charge is 2.20. The van der Waals surface area contributed by atoms with Crippen LogP contribution in [0.15, 0.2) is 212 Å². The maximum absolute atomic E-state index is 2.47. The zero-order chi connectivity index (χ0) is 37.5. The Morgan fingerprint density at radius 2 is 0.667 bits per heavy atom. The molecule has 0 atom stereocenters. The Morgan fingerprint density at radius 3 is 1.35 bits per heavy atom. The van der Waals surface area contributed by atoms with E-state index in [9.17, 15) is 0 Å². The zero-order valence-electron chi connectivity index (χ0n) is 31.0. The van der Waals surface area contributed by atoms with E-state index in [0.717, 1.165) is 11.4 Å². The minimum absolute atomic E-state index is 1.16. The molecule has 0 unspecified atom stereocenters. The number of benzene rings is 9. The maximum atomic E-state index is 2.47. The molecule has 0 fully saturated rings. The van der Waals surface area contributed by atoms with Crippen LogP contribution >= 0.6 is 0 Å². The Morgan fingerprint density at radius 1 is 0.228 bits per heavy atom. The summed E-state index contributed by atoms with van der Waals surface area (Å²) in [6, 6.07) is 77.4. The standard InChI is InChI=1S/C54H35N3/c1-3-15-36(16-4-1)37-17-13-20-41(33-37)56-47-24-10-7-21-42(47)45-34-38(29-31-50(45)56)39-30-32-51-46(35-39)43-22-8-11-25-48(43)57(51)53-28-14-27-52-54(53)44-23-9-12-26-49(44)55(52)40-18-5-2-6-19-40/h1-35H. The van der Waals surface area contributed by atoms with Gasteiger partial charge in [-0.25, -0.2) is 0 Å². The van der Waals surface area contributed by atoms with Gasteiger partial charge >= 0.3 is 0 Å².